The van der Waals surface area contributed by atoms with Gasteiger partial charge in [0.15, 0.2) is 0 Å². The zero-order valence-electron chi connectivity index (χ0n) is 10.3. The van der Waals surface area contributed by atoms with E-state index in [-0.39, 0.29) is 11.5 Å². The van der Waals surface area contributed by atoms with E-state index >= 15 is 0 Å². The number of hydrogen-bond acceptors (Lipinski definition) is 2. The second-order valence-corrected chi connectivity index (χ2v) is 5.83. The molecule has 1 atom stereocenters. The maximum Gasteiger partial charge on any atom is 0.0438 e. The molecule has 1 aromatic rings. The molecule has 1 unspecified atom stereocenters. The summed E-state index contributed by atoms with van der Waals surface area (Å²) in [5.41, 5.74) is 4.29. The first kappa shape index (κ1) is 13.5. The van der Waals surface area contributed by atoms with Gasteiger partial charge < -0.3 is 0 Å². The third-order valence-corrected chi connectivity index (χ3v) is 2.89. The van der Waals surface area contributed by atoms with Crippen LogP contribution in [0.1, 0.15) is 32.8 Å². The van der Waals surface area contributed by atoms with Crippen LogP contribution in [0.2, 0.25) is 5.02 Å². The van der Waals surface area contributed by atoms with Gasteiger partial charge in [-0.2, -0.15) is 0 Å². The van der Waals surface area contributed by atoms with E-state index < -0.39 is 0 Å². The van der Waals surface area contributed by atoms with E-state index in [0.29, 0.717) is 0 Å². The maximum atomic E-state index is 6.13. The molecular weight excluding hydrogens is 220 g/mol. The molecule has 0 fully saturated rings. The van der Waals surface area contributed by atoms with E-state index in [2.05, 4.69) is 32.3 Å². The Morgan fingerprint density at radius 3 is 2.44 bits per heavy atom. The van der Waals surface area contributed by atoms with E-state index in [1.165, 1.54) is 0 Å². The molecule has 0 bridgehead atoms. The highest BCUT2D eigenvalue weighted by Crippen LogP contribution is 2.24. The van der Waals surface area contributed by atoms with Crippen molar-refractivity contribution in [2.24, 2.45) is 11.3 Å². The van der Waals surface area contributed by atoms with Gasteiger partial charge in [0.05, 0.1) is 0 Å². The molecule has 3 heteroatoms. The van der Waals surface area contributed by atoms with E-state index in [9.17, 15) is 0 Å². The largest absolute Gasteiger partial charge is 0.271 e. The highest BCUT2D eigenvalue weighted by atomic mass is 35.5. The van der Waals surface area contributed by atoms with Crippen LogP contribution in [0.5, 0.6) is 0 Å². The van der Waals surface area contributed by atoms with Crippen LogP contribution in [0.15, 0.2) is 24.3 Å². The van der Waals surface area contributed by atoms with Gasteiger partial charge in [-0.3, -0.25) is 11.3 Å². The summed E-state index contributed by atoms with van der Waals surface area (Å²) in [5.74, 6) is 5.58. The summed E-state index contributed by atoms with van der Waals surface area (Å²) in [5, 5.41) is 0.816. The van der Waals surface area contributed by atoms with Gasteiger partial charge in [0.25, 0.3) is 0 Å². The summed E-state index contributed by atoms with van der Waals surface area (Å²) in [6.07, 6.45) is 1.89. The van der Waals surface area contributed by atoms with Crippen LogP contribution >= 0.6 is 11.6 Å². The fraction of sp³-hybridized carbons (Fsp3) is 0.538. The number of halogens is 1. The minimum absolute atomic E-state index is 0.262. The van der Waals surface area contributed by atoms with Crippen LogP contribution < -0.4 is 11.3 Å². The molecule has 2 nitrogen and oxygen atoms in total. The first-order valence-corrected chi connectivity index (χ1v) is 6.00. The summed E-state index contributed by atoms with van der Waals surface area (Å²) >= 11 is 6.13. The average molecular weight is 241 g/mol. The SMILES string of the molecule is CC(C)(C)CC(Cc1ccccc1Cl)NN. The molecule has 0 amide bonds. The standard InChI is InChI=1S/C13H21ClN2/c1-13(2,3)9-11(16-15)8-10-6-4-5-7-12(10)14/h4-7,11,16H,8-9,15H2,1-3H3. The second kappa shape index (κ2) is 5.67. The van der Waals surface area contributed by atoms with Gasteiger partial charge in [-0.25, -0.2) is 0 Å². The quantitative estimate of drug-likeness (QED) is 0.627. The van der Waals surface area contributed by atoms with Crippen LogP contribution in [0.4, 0.5) is 0 Å². The number of rotatable bonds is 4. The minimum atomic E-state index is 0.262. The Bertz CT molecular complexity index is 331. The number of hydrogen-bond donors (Lipinski definition) is 2. The Morgan fingerprint density at radius 2 is 1.94 bits per heavy atom. The lowest BCUT2D eigenvalue weighted by Gasteiger charge is -2.25. The lowest BCUT2D eigenvalue weighted by molar-refractivity contribution is 0.308. The molecule has 0 aromatic heterocycles. The van der Waals surface area contributed by atoms with Crippen molar-refractivity contribution in [3.63, 3.8) is 0 Å². The van der Waals surface area contributed by atoms with Gasteiger partial charge in [0, 0.05) is 11.1 Å². The van der Waals surface area contributed by atoms with Crippen LogP contribution in [0.3, 0.4) is 0 Å². The molecule has 0 spiro atoms. The van der Waals surface area contributed by atoms with Crippen LogP contribution in [-0.4, -0.2) is 6.04 Å². The predicted octanol–water partition coefficient (Wildman–Crippen LogP) is 3.15. The fourth-order valence-corrected chi connectivity index (χ4v) is 2.07. The van der Waals surface area contributed by atoms with Crippen LogP contribution in [0.25, 0.3) is 0 Å². The van der Waals surface area contributed by atoms with Gasteiger partial charge in [0.2, 0.25) is 0 Å². The number of nitrogens with two attached hydrogens (primary N) is 1. The van der Waals surface area contributed by atoms with Gasteiger partial charge in [-0.05, 0) is 29.9 Å². The highest BCUT2D eigenvalue weighted by Gasteiger charge is 2.18. The van der Waals surface area contributed by atoms with Crippen LogP contribution in [-0.2, 0) is 6.42 Å². The van der Waals surface area contributed by atoms with Gasteiger partial charge in [-0.15, -0.1) is 0 Å². The normalized spacial score (nSPS) is 13.8. The molecule has 0 aliphatic rings. The van der Waals surface area contributed by atoms with Crippen molar-refractivity contribution in [2.75, 3.05) is 0 Å². The van der Waals surface area contributed by atoms with Crippen molar-refractivity contribution < 1.29 is 0 Å². The summed E-state index contributed by atoms with van der Waals surface area (Å²) in [6, 6.07) is 8.18. The summed E-state index contributed by atoms with van der Waals surface area (Å²) in [7, 11) is 0. The molecule has 1 rings (SSSR count). The molecule has 3 N–H and O–H groups in total. The van der Waals surface area contributed by atoms with Crippen molar-refractivity contribution in [3.05, 3.63) is 34.9 Å². The Labute approximate surface area is 103 Å². The zero-order valence-corrected chi connectivity index (χ0v) is 11.0. The zero-order chi connectivity index (χ0) is 12.2. The Balaban J connectivity index is 2.67. The molecule has 0 saturated carbocycles. The molecule has 0 radical (unpaired) electrons. The van der Waals surface area contributed by atoms with Crippen molar-refractivity contribution in [1.82, 2.24) is 5.43 Å². The van der Waals surface area contributed by atoms with Crippen molar-refractivity contribution in [1.29, 1.82) is 0 Å². The van der Waals surface area contributed by atoms with Crippen molar-refractivity contribution >= 4 is 11.6 Å². The second-order valence-electron chi connectivity index (χ2n) is 5.42. The molecule has 0 saturated heterocycles. The van der Waals surface area contributed by atoms with Gasteiger partial charge in [-0.1, -0.05) is 50.6 Å². The van der Waals surface area contributed by atoms with Crippen molar-refractivity contribution in [3.8, 4) is 0 Å². The molecule has 0 aliphatic carbocycles. The maximum absolute atomic E-state index is 6.13. The Morgan fingerprint density at radius 1 is 1.31 bits per heavy atom. The molecule has 0 aliphatic heterocycles. The molecule has 90 valence electrons. The topological polar surface area (TPSA) is 38.0 Å². The smallest absolute Gasteiger partial charge is 0.0438 e. The van der Waals surface area contributed by atoms with E-state index in [1.54, 1.807) is 0 Å². The van der Waals surface area contributed by atoms with E-state index in [0.717, 1.165) is 23.4 Å². The van der Waals surface area contributed by atoms with Crippen LogP contribution in [0, 0.1) is 5.41 Å². The average Bonchev–Trinajstić information content (AvgIpc) is 2.18. The monoisotopic (exact) mass is 240 g/mol. The third kappa shape index (κ3) is 4.52. The third-order valence-electron chi connectivity index (χ3n) is 2.52. The summed E-state index contributed by atoms with van der Waals surface area (Å²) in [4.78, 5) is 0. The summed E-state index contributed by atoms with van der Waals surface area (Å²) < 4.78 is 0. The van der Waals surface area contributed by atoms with Crippen molar-refractivity contribution in [2.45, 2.75) is 39.7 Å². The van der Waals surface area contributed by atoms with Gasteiger partial charge in [0.1, 0.15) is 0 Å². The molecule has 16 heavy (non-hydrogen) atoms. The van der Waals surface area contributed by atoms with E-state index in [1.807, 2.05) is 18.2 Å². The number of benzene rings is 1. The number of hydrazine groups is 1. The molecule has 1 aromatic carbocycles. The molecular formula is C13H21ClN2. The Kier molecular flexibility index (Phi) is 4.78. The highest BCUT2D eigenvalue weighted by molar-refractivity contribution is 6.31. The fourth-order valence-electron chi connectivity index (χ4n) is 1.86. The number of nitrogens with one attached hydrogen (secondary N) is 1. The predicted molar refractivity (Wildman–Crippen MR) is 70.3 cm³/mol. The van der Waals surface area contributed by atoms with Gasteiger partial charge >= 0.3 is 0 Å². The molecule has 0 heterocycles. The lowest BCUT2D eigenvalue weighted by atomic mass is 9.86. The Hall–Kier alpha value is -0.570. The lowest BCUT2D eigenvalue weighted by Crippen LogP contribution is -2.39. The van der Waals surface area contributed by atoms with E-state index in [4.69, 9.17) is 17.4 Å². The summed E-state index contributed by atoms with van der Waals surface area (Å²) in [6.45, 7) is 6.64. The first-order chi connectivity index (χ1) is 7.42. The minimum Gasteiger partial charge on any atom is -0.271 e. The first-order valence-electron chi connectivity index (χ1n) is 5.62.